The maximum Gasteiger partial charge on any atom is 0.407 e. The summed E-state index contributed by atoms with van der Waals surface area (Å²) >= 11 is 0. The van der Waals surface area contributed by atoms with E-state index in [2.05, 4.69) is 15.2 Å². The van der Waals surface area contributed by atoms with Gasteiger partial charge in [0.1, 0.15) is 6.61 Å². The highest BCUT2D eigenvalue weighted by Gasteiger charge is 1.99. The number of carbonyl (C=O) groups is 1. The Morgan fingerprint density at radius 3 is 3.14 bits per heavy atom. The molecule has 0 bridgehead atoms. The minimum atomic E-state index is -0.522. The molecular weight excluding hydrogens is 186 g/mol. The number of hydrogen-bond donors (Lipinski definition) is 2. The van der Waals surface area contributed by atoms with E-state index in [0.717, 1.165) is 0 Å². The molecule has 0 spiro atoms. The van der Waals surface area contributed by atoms with Gasteiger partial charge in [-0.3, -0.25) is 4.68 Å². The Bertz CT molecular complexity index is 261. The summed E-state index contributed by atoms with van der Waals surface area (Å²) < 4.78 is 6.28. The summed E-state index contributed by atoms with van der Waals surface area (Å²) in [5.41, 5.74) is 0. The van der Waals surface area contributed by atoms with Crippen molar-refractivity contribution in [3.63, 3.8) is 0 Å². The number of hydrogen-bond acceptors (Lipinski definition) is 4. The van der Waals surface area contributed by atoms with Crippen molar-refractivity contribution in [1.82, 2.24) is 15.1 Å². The Morgan fingerprint density at radius 2 is 2.50 bits per heavy atom. The van der Waals surface area contributed by atoms with Crippen LogP contribution in [0, 0.1) is 0 Å². The van der Waals surface area contributed by atoms with Crippen LogP contribution in [0.1, 0.15) is 0 Å². The van der Waals surface area contributed by atoms with Crippen molar-refractivity contribution in [2.24, 2.45) is 0 Å². The van der Waals surface area contributed by atoms with Gasteiger partial charge >= 0.3 is 6.09 Å². The van der Waals surface area contributed by atoms with Crippen molar-refractivity contribution in [2.75, 3.05) is 19.8 Å². The quantitative estimate of drug-likeness (QED) is 0.676. The number of carbonyl (C=O) groups excluding carboxylic acids is 1. The Labute approximate surface area is 81.5 Å². The van der Waals surface area contributed by atoms with Crippen LogP contribution in [0.15, 0.2) is 18.5 Å². The molecule has 78 valence electrons. The molecule has 0 aliphatic heterocycles. The Morgan fingerprint density at radius 1 is 1.64 bits per heavy atom. The van der Waals surface area contributed by atoms with Gasteiger partial charge in [0.25, 0.3) is 0 Å². The molecule has 1 amide bonds. The number of aliphatic hydroxyl groups excluding tert-OH is 1. The summed E-state index contributed by atoms with van der Waals surface area (Å²) in [6, 6.07) is 1.81. The first-order valence-corrected chi connectivity index (χ1v) is 4.32. The number of nitrogens with zero attached hydrogens (tertiary/aromatic N) is 2. The number of rotatable bonds is 5. The maximum atomic E-state index is 10.9. The molecule has 6 nitrogen and oxygen atoms in total. The summed E-state index contributed by atoms with van der Waals surface area (Å²) in [6.07, 6.45) is 2.95. The Kier molecular flexibility index (Phi) is 4.49. The third-order valence-corrected chi connectivity index (χ3v) is 1.49. The van der Waals surface area contributed by atoms with Gasteiger partial charge in [0, 0.05) is 18.9 Å². The van der Waals surface area contributed by atoms with E-state index < -0.39 is 6.09 Å². The lowest BCUT2D eigenvalue weighted by molar-refractivity contribution is 0.119. The SMILES string of the molecule is O=C(NCCn1cccn1)OCCO. The summed E-state index contributed by atoms with van der Waals surface area (Å²) in [4.78, 5) is 10.9. The Hall–Kier alpha value is -1.56. The molecule has 1 aromatic heterocycles. The first kappa shape index (κ1) is 10.5. The molecule has 0 fully saturated rings. The van der Waals surface area contributed by atoms with E-state index >= 15 is 0 Å². The van der Waals surface area contributed by atoms with Crippen LogP contribution in [0.5, 0.6) is 0 Å². The zero-order valence-electron chi connectivity index (χ0n) is 7.72. The molecule has 2 N–H and O–H groups in total. The van der Waals surface area contributed by atoms with Gasteiger partial charge in [0.15, 0.2) is 0 Å². The number of ether oxygens (including phenoxy) is 1. The monoisotopic (exact) mass is 199 g/mol. The first-order valence-electron chi connectivity index (χ1n) is 4.32. The molecule has 0 aliphatic carbocycles. The predicted molar refractivity (Wildman–Crippen MR) is 48.7 cm³/mol. The second-order valence-corrected chi connectivity index (χ2v) is 2.56. The van der Waals surface area contributed by atoms with E-state index in [9.17, 15) is 4.79 Å². The molecule has 1 rings (SSSR count). The molecule has 1 heterocycles. The zero-order chi connectivity index (χ0) is 10.2. The molecule has 0 atom stereocenters. The first-order chi connectivity index (χ1) is 6.83. The van der Waals surface area contributed by atoms with Crippen molar-refractivity contribution in [3.8, 4) is 0 Å². The minimum absolute atomic E-state index is 0.0214. The van der Waals surface area contributed by atoms with Gasteiger partial charge in [0.05, 0.1) is 13.2 Å². The fraction of sp³-hybridized carbons (Fsp3) is 0.500. The molecule has 0 saturated heterocycles. The van der Waals surface area contributed by atoms with Crippen molar-refractivity contribution >= 4 is 6.09 Å². The fourth-order valence-corrected chi connectivity index (χ4v) is 0.895. The van der Waals surface area contributed by atoms with Crippen LogP contribution in [0.4, 0.5) is 4.79 Å². The molecule has 1 aromatic rings. The molecule has 6 heteroatoms. The van der Waals surface area contributed by atoms with Crippen LogP contribution in [-0.2, 0) is 11.3 Å². The Balaban J connectivity index is 2.06. The molecule has 0 radical (unpaired) electrons. The topological polar surface area (TPSA) is 76.4 Å². The third kappa shape index (κ3) is 3.90. The average Bonchev–Trinajstić information content (AvgIpc) is 2.67. The molecule has 14 heavy (non-hydrogen) atoms. The number of amides is 1. The number of aromatic nitrogens is 2. The van der Waals surface area contributed by atoms with Gasteiger partial charge in [-0.05, 0) is 6.07 Å². The normalized spacial score (nSPS) is 9.79. The highest BCUT2D eigenvalue weighted by Crippen LogP contribution is 1.83. The summed E-state index contributed by atoms with van der Waals surface area (Å²) in [5, 5.41) is 14.9. The van der Waals surface area contributed by atoms with Crippen LogP contribution in [0.3, 0.4) is 0 Å². The highest BCUT2D eigenvalue weighted by molar-refractivity contribution is 5.66. The molecule has 0 saturated carbocycles. The van der Waals surface area contributed by atoms with Crippen molar-refractivity contribution in [3.05, 3.63) is 18.5 Å². The van der Waals surface area contributed by atoms with E-state index in [4.69, 9.17) is 5.11 Å². The van der Waals surface area contributed by atoms with Crippen molar-refractivity contribution < 1.29 is 14.6 Å². The highest BCUT2D eigenvalue weighted by atomic mass is 16.6. The summed E-state index contributed by atoms with van der Waals surface area (Å²) in [7, 11) is 0. The van der Waals surface area contributed by atoms with Gasteiger partial charge in [-0.25, -0.2) is 4.79 Å². The lowest BCUT2D eigenvalue weighted by Gasteiger charge is -2.05. The third-order valence-electron chi connectivity index (χ3n) is 1.49. The standard InChI is InChI=1S/C8H13N3O3/c12-6-7-14-8(13)9-3-5-11-4-1-2-10-11/h1-2,4,12H,3,5-7H2,(H,9,13). The lowest BCUT2D eigenvalue weighted by Crippen LogP contribution is -2.28. The second-order valence-electron chi connectivity index (χ2n) is 2.56. The van der Waals surface area contributed by atoms with Gasteiger partial charge in [-0.1, -0.05) is 0 Å². The van der Waals surface area contributed by atoms with Gasteiger partial charge in [-0.2, -0.15) is 5.10 Å². The van der Waals surface area contributed by atoms with E-state index in [1.807, 2.05) is 6.07 Å². The van der Waals surface area contributed by atoms with Crippen molar-refractivity contribution in [1.29, 1.82) is 0 Å². The summed E-state index contributed by atoms with van der Waals surface area (Å²) in [6.45, 7) is 0.910. The van der Waals surface area contributed by atoms with Gasteiger partial charge in [-0.15, -0.1) is 0 Å². The molecule has 0 aromatic carbocycles. The average molecular weight is 199 g/mol. The molecule has 0 aliphatic rings. The van der Waals surface area contributed by atoms with Crippen LogP contribution >= 0.6 is 0 Å². The smallest absolute Gasteiger partial charge is 0.407 e. The van der Waals surface area contributed by atoms with Crippen LogP contribution in [-0.4, -0.2) is 40.7 Å². The van der Waals surface area contributed by atoms with E-state index in [-0.39, 0.29) is 13.2 Å². The fourth-order valence-electron chi connectivity index (χ4n) is 0.895. The zero-order valence-corrected chi connectivity index (χ0v) is 7.72. The van der Waals surface area contributed by atoms with Crippen molar-refractivity contribution in [2.45, 2.75) is 6.54 Å². The number of alkyl carbamates (subject to hydrolysis) is 1. The predicted octanol–water partition coefficient (Wildman–Crippen LogP) is -0.398. The lowest BCUT2D eigenvalue weighted by atomic mass is 10.6. The second kappa shape index (κ2) is 5.98. The molecule has 0 unspecified atom stereocenters. The van der Waals surface area contributed by atoms with Gasteiger partial charge < -0.3 is 15.2 Å². The number of aliphatic hydroxyl groups is 1. The maximum absolute atomic E-state index is 10.9. The van der Waals surface area contributed by atoms with E-state index in [0.29, 0.717) is 13.1 Å². The summed E-state index contributed by atoms with van der Waals surface area (Å²) in [5.74, 6) is 0. The molecular formula is C8H13N3O3. The van der Waals surface area contributed by atoms with Crippen LogP contribution in [0.25, 0.3) is 0 Å². The van der Waals surface area contributed by atoms with Gasteiger partial charge in [0.2, 0.25) is 0 Å². The number of nitrogens with one attached hydrogen (secondary N) is 1. The van der Waals surface area contributed by atoms with E-state index in [1.54, 1.807) is 17.1 Å². The van der Waals surface area contributed by atoms with E-state index in [1.165, 1.54) is 0 Å². The van der Waals surface area contributed by atoms with Crippen LogP contribution < -0.4 is 5.32 Å². The largest absolute Gasteiger partial charge is 0.447 e. The minimum Gasteiger partial charge on any atom is -0.447 e. The van der Waals surface area contributed by atoms with Crippen LogP contribution in [0.2, 0.25) is 0 Å².